The molecule has 0 saturated carbocycles. The first kappa shape index (κ1) is 17.2. The molecule has 1 amide bonds. The molecule has 0 aliphatic carbocycles. The second-order valence-electron chi connectivity index (χ2n) is 4.84. The second kappa shape index (κ2) is 9.08. The minimum absolute atomic E-state index is 0.290. The zero-order valence-electron chi connectivity index (χ0n) is 12.5. The van der Waals surface area contributed by atoms with Crippen LogP contribution in [-0.4, -0.2) is 17.6 Å². The summed E-state index contributed by atoms with van der Waals surface area (Å²) < 4.78 is 0. The highest BCUT2D eigenvalue weighted by Gasteiger charge is 2.01. The highest BCUT2D eigenvalue weighted by molar-refractivity contribution is 7.80. The minimum atomic E-state index is -0.290. The molecule has 2 aromatic rings. The summed E-state index contributed by atoms with van der Waals surface area (Å²) in [6.45, 7) is 0.664. The van der Waals surface area contributed by atoms with Gasteiger partial charge in [-0.25, -0.2) is 0 Å². The third-order valence-electron chi connectivity index (χ3n) is 3.10. The quantitative estimate of drug-likeness (QED) is 0.643. The molecule has 0 saturated heterocycles. The third-order valence-corrected chi connectivity index (χ3v) is 3.69. The molecule has 0 fully saturated rings. The van der Waals surface area contributed by atoms with Crippen LogP contribution in [0.5, 0.6) is 0 Å². The van der Waals surface area contributed by atoms with E-state index < -0.39 is 0 Å². The molecule has 0 bridgehead atoms. The Bertz CT molecular complexity index is 701. The normalized spacial score (nSPS) is 10.5. The maximum atomic E-state index is 11.8. The van der Waals surface area contributed by atoms with E-state index in [0.717, 1.165) is 12.0 Å². The van der Waals surface area contributed by atoms with E-state index in [9.17, 15) is 4.79 Å². The Morgan fingerprint density at radius 3 is 2.52 bits per heavy atom. The molecular formula is C18H17ClN2OS. The predicted molar refractivity (Wildman–Crippen MR) is 99.4 cm³/mol. The standard InChI is InChI=1S/C18H17ClN2OS/c19-16-9-5-4-8-15(16)10-11-17(22)21-18(23)20-13-12-14-6-2-1-3-7-14/h1-11H,12-13H2,(H2,20,21,22,23)/b11-10+. The van der Waals surface area contributed by atoms with Gasteiger partial charge in [-0.15, -0.1) is 0 Å². The van der Waals surface area contributed by atoms with E-state index in [0.29, 0.717) is 16.7 Å². The fourth-order valence-electron chi connectivity index (χ4n) is 1.94. The molecule has 0 aliphatic heterocycles. The first-order valence-electron chi connectivity index (χ1n) is 7.20. The summed E-state index contributed by atoms with van der Waals surface area (Å²) in [5.41, 5.74) is 2.00. The van der Waals surface area contributed by atoms with E-state index in [4.69, 9.17) is 23.8 Å². The molecule has 3 nitrogen and oxygen atoms in total. The Hall–Kier alpha value is -2.17. The Labute approximate surface area is 146 Å². The SMILES string of the molecule is O=C(/C=C/c1ccccc1Cl)NC(=S)NCCc1ccccc1. The molecule has 0 heterocycles. The topological polar surface area (TPSA) is 41.1 Å². The molecule has 2 N–H and O–H groups in total. The van der Waals surface area contributed by atoms with Crippen LogP contribution in [0.2, 0.25) is 5.02 Å². The number of amides is 1. The summed E-state index contributed by atoms with van der Waals surface area (Å²) in [6, 6.07) is 17.4. The largest absolute Gasteiger partial charge is 0.362 e. The van der Waals surface area contributed by atoms with Crippen molar-refractivity contribution >= 4 is 40.9 Å². The summed E-state index contributed by atoms with van der Waals surface area (Å²) in [4.78, 5) is 11.8. The van der Waals surface area contributed by atoms with Crippen LogP contribution < -0.4 is 10.6 Å². The van der Waals surface area contributed by atoms with Gasteiger partial charge in [0.1, 0.15) is 0 Å². The lowest BCUT2D eigenvalue weighted by Gasteiger charge is -2.08. The van der Waals surface area contributed by atoms with Crippen molar-refractivity contribution in [3.8, 4) is 0 Å². The van der Waals surface area contributed by atoms with Crippen molar-refractivity contribution in [3.63, 3.8) is 0 Å². The number of thiocarbonyl (C=S) groups is 1. The third kappa shape index (κ3) is 6.22. The average molecular weight is 345 g/mol. The van der Waals surface area contributed by atoms with E-state index in [1.807, 2.05) is 36.4 Å². The highest BCUT2D eigenvalue weighted by Crippen LogP contribution is 2.15. The van der Waals surface area contributed by atoms with Crippen LogP contribution in [0.3, 0.4) is 0 Å². The summed E-state index contributed by atoms with van der Waals surface area (Å²) in [6.07, 6.45) is 3.91. The lowest BCUT2D eigenvalue weighted by molar-refractivity contribution is -0.115. The van der Waals surface area contributed by atoms with E-state index >= 15 is 0 Å². The number of rotatable bonds is 5. The predicted octanol–water partition coefficient (Wildman–Crippen LogP) is 3.59. The lowest BCUT2D eigenvalue weighted by Crippen LogP contribution is -2.39. The molecule has 2 rings (SSSR count). The van der Waals surface area contributed by atoms with Crippen LogP contribution in [0.25, 0.3) is 6.08 Å². The fraction of sp³-hybridized carbons (Fsp3) is 0.111. The van der Waals surface area contributed by atoms with E-state index in [2.05, 4.69) is 22.8 Å². The number of carbonyl (C=O) groups excluding carboxylic acids is 1. The molecule has 0 aromatic heterocycles. The average Bonchev–Trinajstić information content (AvgIpc) is 2.55. The van der Waals surface area contributed by atoms with Gasteiger partial charge in [0.2, 0.25) is 5.91 Å². The highest BCUT2D eigenvalue weighted by atomic mass is 35.5. The Morgan fingerprint density at radius 2 is 1.78 bits per heavy atom. The first-order valence-corrected chi connectivity index (χ1v) is 7.99. The summed E-state index contributed by atoms with van der Waals surface area (Å²) in [5.74, 6) is -0.290. The van der Waals surface area contributed by atoms with Crippen molar-refractivity contribution in [1.82, 2.24) is 10.6 Å². The first-order chi connectivity index (χ1) is 11.1. The molecule has 0 radical (unpaired) electrons. The number of benzene rings is 2. The van der Waals surface area contributed by atoms with Crippen LogP contribution in [0.4, 0.5) is 0 Å². The van der Waals surface area contributed by atoms with Gasteiger partial charge in [-0.05, 0) is 41.9 Å². The number of hydrogen-bond acceptors (Lipinski definition) is 2. The molecule has 118 valence electrons. The Morgan fingerprint density at radius 1 is 1.09 bits per heavy atom. The fourth-order valence-corrected chi connectivity index (χ4v) is 2.34. The summed E-state index contributed by atoms with van der Waals surface area (Å²) >= 11 is 11.1. The van der Waals surface area contributed by atoms with Gasteiger partial charge in [0.15, 0.2) is 5.11 Å². The Balaban J connectivity index is 1.74. The van der Waals surface area contributed by atoms with Crippen LogP contribution in [0, 0.1) is 0 Å². The van der Waals surface area contributed by atoms with Crippen LogP contribution in [-0.2, 0) is 11.2 Å². The zero-order chi connectivity index (χ0) is 16.5. The minimum Gasteiger partial charge on any atom is -0.362 e. The molecule has 0 unspecified atom stereocenters. The van der Waals surface area contributed by atoms with Gasteiger partial charge in [0, 0.05) is 17.6 Å². The Kier molecular flexibility index (Phi) is 6.78. The molecule has 0 aliphatic rings. The van der Waals surface area contributed by atoms with Crippen molar-refractivity contribution in [2.24, 2.45) is 0 Å². The van der Waals surface area contributed by atoms with Crippen LogP contribution >= 0.6 is 23.8 Å². The molecular weight excluding hydrogens is 328 g/mol. The maximum absolute atomic E-state index is 11.8. The smallest absolute Gasteiger partial charge is 0.250 e. The van der Waals surface area contributed by atoms with E-state index in [1.54, 1.807) is 12.1 Å². The van der Waals surface area contributed by atoms with Gasteiger partial charge >= 0.3 is 0 Å². The molecule has 23 heavy (non-hydrogen) atoms. The van der Waals surface area contributed by atoms with Gasteiger partial charge in [-0.1, -0.05) is 60.1 Å². The van der Waals surface area contributed by atoms with Gasteiger partial charge in [-0.3, -0.25) is 10.1 Å². The van der Waals surface area contributed by atoms with Crippen molar-refractivity contribution in [2.45, 2.75) is 6.42 Å². The monoisotopic (exact) mass is 344 g/mol. The van der Waals surface area contributed by atoms with E-state index in [-0.39, 0.29) is 5.91 Å². The lowest BCUT2D eigenvalue weighted by atomic mass is 10.1. The number of hydrogen-bond donors (Lipinski definition) is 2. The number of halogens is 1. The zero-order valence-corrected chi connectivity index (χ0v) is 14.0. The van der Waals surface area contributed by atoms with Gasteiger partial charge in [0.25, 0.3) is 0 Å². The van der Waals surface area contributed by atoms with Crippen molar-refractivity contribution in [2.75, 3.05) is 6.54 Å². The van der Waals surface area contributed by atoms with Crippen LogP contribution in [0.1, 0.15) is 11.1 Å². The number of nitrogens with one attached hydrogen (secondary N) is 2. The second-order valence-corrected chi connectivity index (χ2v) is 5.65. The molecule has 0 atom stereocenters. The summed E-state index contributed by atoms with van der Waals surface area (Å²) in [7, 11) is 0. The van der Waals surface area contributed by atoms with E-state index in [1.165, 1.54) is 11.6 Å². The molecule has 0 spiro atoms. The molecule has 5 heteroatoms. The van der Waals surface area contributed by atoms with Gasteiger partial charge in [0.05, 0.1) is 0 Å². The van der Waals surface area contributed by atoms with Crippen molar-refractivity contribution in [1.29, 1.82) is 0 Å². The van der Waals surface area contributed by atoms with Crippen molar-refractivity contribution in [3.05, 3.63) is 76.8 Å². The van der Waals surface area contributed by atoms with Gasteiger partial charge in [-0.2, -0.15) is 0 Å². The summed E-state index contributed by atoms with van der Waals surface area (Å²) in [5, 5.41) is 6.53. The van der Waals surface area contributed by atoms with Gasteiger partial charge < -0.3 is 5.32 Å². The van der Waals surface area contributed by atoms with Crippen molar-refractivity contribution < 1.29 is 4.79 Å². The molecule has 2 aromatic carbocycles. The maximum Gasteiger partial charge on any atom is 0.250 e. The number of carbonyl (C=O) groups is 1. The van der Waals surface area contributed by atoms with Crippen LogP contribution in [0.15, 0.2) is 60.7 Å².